The van der Waals surface area contributed by atoms with Gasteiger partial charge in [0.1, 0.15) is 0 Å². The Balaban J connectivity index is 1.21. The number of nitrogens with zero attached hydrogens (tertiary/aromatic N) is 2. The Morgan fingerprint density at radius 2 is 1.90 bits per heavy atom. The summed E-state index contributed by atoms with van der Waals surface area (Å²) in [5, 5.41) is 6.55. The number of hydrogen-bond acceptors (Lipinski definition) is 8. The minimum Gasteiger partial charge on any atom is -0.456 e. The van der Waals surface area contributed by atoms with Crippen LogP contribution in [0.25, 0.3) is 11.4 Å². The molecule has 9 heteroatoms. The third kappa shape index (κ3) is 4.75. The maximum absolute atomic E-state index is 12.0. The molecule has 2 aromatic carbocycles. The molecule has 0 atom stereocenters. The van der Waals surface area contributed by atoms with E-state index in [1.807, 2.05) is 31.2 Å². The Bertz CT molecular complexity index is 1060. The summed E-state index contributed by atoms with van der Waals surface area (Å²) in [6.07, 6.45) is 0.244. The maximum Gasteiger partial charge on any atom is 0.306 e. The molecule has 1 amide bonds. The number of carbonyl (C=O) groups is 2. The number of nitrogens with one attached hydrogen (secondary N) is 1. The molecule has 4 rings (SSSR count). The zero-order chi connectivity index (χ0) is 20.9. The number of fused-ring (bicyclic) bond motifs is 1. The molecular formula is C21H19N3O6. The van der Waals surface area contributed by atoms with Crippen LogP contribution in [-0.2, 0) is 20.7 Å². The predicted octanol–water partition coefficient (Wildman–Crippen LogP) is 2.89. The third-order valence-corrected chi connectivity index (χ3v) is 4.34. The molecule has 0 bridgehead atoms. The summed E-state index contributed by atoms with van der Waals surface area (Å²) < 4.78 is 20.6. The van der Waals surface area contributed by atoms with Gasteiger partial charge >= 0.3 is 5.97 Å². The Kier molecular flexibility index (Phi) is 5.60. The average Bonchev–Trinajstić information content (AvgIpc) is 3.40. The van der Waals surface area contributed by atoms with Crippen LogP contribution in [0.4, 0.5) is 5.69 Å². The maximum atomic E-state index is 12.0. The summed E-state index contributed by atoms with van der Waals surface area (Å²) >= 11 is 0. The number of rotatable bonds is 7. The van der Waals surface area contributed by atoms with Crippen molar-refractivity contribution in [1.82, 2.24) is 10.1 Å². The lowest BCUT2D eigenvalue weighted by Gasteiger charge is -2.07. The van der Waals surface area contributed by atoms with E-state index in [2.05, 4.69) is 15.5 Å². The SMILES string of the molecule is Cc1ccc(-c2noc(CCC(=O)OCC(=O)Nc3ccc4c(c3)OCO4)n2)cc1. The Labute approximate surface area is 171 Å². The second-order valence-electron chi connectivity index (χ2n) is 6.65. The fourth-order valence-electron chi connectivity index (χ4n) is 2.77. The normalized spacial score (nSPS) is 11.9. The molecule has 0 unspecified atom stereocenters. The molecular weight excluding hydrogens is 390 g/mol. The topological polar surface area (TPSA) is 113 Å². The number of amides is 1. The number of ether oxygens (including phenoxy) is 3. The highest BCUT2D eigenvalue weighted by molar-refractivity contribution is 5.93. The molecule has 0 radical (unpaired) electrons. The summed E-state index contributed by atoms with van der Waals surface area (Å²) in [5.41, 5.74) is 2.49. The van der Waals surface area contributed by atoms with Crippen molar-refractivity contribution in [3.05, 3.63) is 53.9 Å². The van der Waals surface area contributed by atoms with Crippen LogP contribution in [0.1, 0.15) is 17.9 Å². The van der Waals surface area contributed by atoms with E-state index < -0.39 is 18.5 Å². The molecule has 1 aromatic heterocycles. The fourth-order valence-corrected chi connectivity index (χ4v) is 2.77. The highest BCUT2D eigenvalue weighted by Gasteiger charge is 2.15. The number of hydrogen-bond donors (Lipinski definition) is 1. The van der Waals surface area contributed by atoms with Gasteiger partial charge in [-0.25, -0.2) is 0 Å². The Hall–Kier alpha value is -3.88. The van der Waals surface area contributed by atoms with Gasteiger partial charge in [0.05, 0.1) is 6.42 Å². The number of aromatic nitrogens is 2. The number of aryl methyl sites for hydroxylation is 2. The van der Waals surface area contributed by atoms with Crippen LogP contribution in [0, 0.1) is 6.92 Å². The van der Waals surface area contributed by atoms with Crippen LogP contribution < -0.4 is 14.8 Å². The largest absolute Gasteiger partial charge is 0.456 e. The van der Waals surface area contributed by atoms with Gasteiger partial charge in [-0.1, -0.05) is 35.0 Å². The van der Waals surface area contributed by atoms with Gasteiger partial charge in [-0.05, 0) is 19.1 Å². The summed E-state index contributed by atoms with van der Waals surface area (Å²) in [6.45, 7) is 1.75. The highest BCUT2D eigenvalue weighted by Crippen LogP contribution is 2.34. The molecule has 1 N–H and O–H groups in total. The van der Waals surface area contributed by atoms with Crippen LogP contribution >= 0.6 is 0 Å². The Morgan fingerprint density at radius 1 is 1.10 bits per heavy atom. The van der Waals surface area contributed by atoms with E-state index in [1.54, 1.807) is 18.2 Å². The monoisotopic (exact) mass is 409 g/mol. The first-order chi connectivity index (χ1) is 14.6. The van der Waals surface area contributed by atoms with Crippen molar-refractivity contribution < 1.29 is 28.3 Å². The average molecular weight is 409 g/mol. The van der Waals surface area contributed by atoms with E-state index in [0.29, 0.717) is 28.9 Å². The van der Waals surface area contributed by atoms with Gasteiger partial charge in [0.25, 0.3) is 5.91 Å². The first kappa shape index (κ1) is 19.4. The zero-order valence-electron chi connectivity index (χ0n) is 16.2. The van der Waals surface area contributed by atoms with Gasteiger partial charge in [-0.2, -0.15) is 4.98 Å². The van der Waals surface area contributed by atoms with Crippen molar-refractivity contribution in [1.29, 1.82) is 0 Å². The standard InChI is InChI=1S/C21H19N3O6/c1-13-2-4-14(5-3-13)21-23-19(30-24-21)8-9-20(26)27-11-18(25)22-15-6-7-16-17(10-15)29-12-28-16/h2-7,10H,8-9,11-12H2,1H3,(H,22,25). The first-order valence-corrected chi connectivity index (χ1v) is 9.31. The quantitative estimate of drug-likeness (QED) is 0.593. The number of carbonyl (C=O) groups excluding carboxylic acids is 2. The van der Waals surface area contributed by atoms with Gasteiger partial charge in [-0.3, -0.25) is 9.59 Å². The van der Waals surface area contributed by atoms with Crippen molar-refractivity contribution in [2.24, 2.45) is 0 Å². The minimum absolute atomic E-state index is 0.0207. The lowest BCUT2D eigenvalue weighted by molar-refractivity contribution is -0.147. The first-order valence-electron chi connectivity index (χ1n) is 9.31. The molecule has 0 spiro atoms. The van der Waals surface area contributed by atoms with Crippen LogP contribution in [-0.4, -0.2) is 35.4 Å². The van der Waals surface area contributed by atoms with E-state index in [0.717, 1.165) is 11.1 Å². The lowest BCUT2D eigenvalue weighted by Crippen LogP contribution is -2.21. The van der Waals surface area contributed by atoms with Crippen molar-refractivity contribution in [2.45, 2.75) is 19.8 Å². The van der Waals surface area contributed by atoms with Crippen molar-refractivity contribution >= 4 is 17.6 Å². The van der Waals surface area contributed by atoms with Crippen molar-refractivity contribution in [2.75, 3.05) is 18.7 Å². The second-order valence-corrected chi connectivity index (χ2v) is 6.65. The summed E-state index contributed by atoms with van der Waals surface area (Å²) in [7, 11) is 0. The summed E-state index contributed by atoms with van der Waals surface area (Å²) in [4.78, 5) is 28.2. The van der Waals surface area contributed by atoms with E-state index in [-0.39, 0.29) is 19.6 Å². The number of anilines is 1. The minimum atomic E-state index is -0.536. The molecule has 0 fully saturated rings. The fraction of sp³-hybridized carbons (Fsp3) is 0.238. The van der Waals surface area contributed by atoms with Crippen LogP contribution in [0.2, 0.25) is 0 Å². The zero-order valence-corrected chi connectivity index (χ0v) is 16.2. The Morgan fingerprint density at radius 3 is 2.73 bits per heavy atom. The van der Waals surface area contributed by atoms with E-state index in [1.165, 1.54) is 0 Å². The second kappa shape index (κ2) is 8.64. The van der Waals surface area contributed by atoms with E-state index in [4.69, 9.17) is 18.7 Å². The molecule has 0 saturated heterocycles. The number of benzene rings is 2. The van der Waals surface area contributed by atoms with Crippen LogP contribution in [0.5, 0.6) is 11.5 Å². The molecule has 30 heavy (non-hydrogen) atoms. The van der Waals surface area contributed by atoms with Gasteiger partial charge < -0.3 is 24.1 Å². The van der Waals surface area contributed by atoms with Gasteiger partial charge in [0.2, 0.25) is 18.5 Å². The van der Waals surface area contributed by atoms with Crippen molar-refractivity contribution in [3.8, 4) is 22.9 Å². The van der Waals surface area contributed by atoms with Gasteiger partial charge in [0, 0.05) is 23.7 Å². The number of esters is 1. The van der Waals surface area contributed by atoms with E-state index >= 15 is 0 Å². The highest BCUT2D eigenvalue weighted by atomic mass is 16.7. The van der Waals surface area contributed by atoms with Gasteiger partial charge in [0.15, 0.2) is 18.1 Å². The predicted molar refractivity (Wildman–Crippen MR) is 105 cm³/mol. The molecule has 0 saturated carbocycles. The van der Waals surface area contributed by atoms with Crippen LogP contribution in [0.3, 0.4) is 0 Å². The van der Waals surface area contributed by atoms with E-state index in [9.17, 15) is 9.59 Å². The molecule has 2 heterocycles. The molecule has 1 aliphatic rings. The smallest absolute Gasteiger partial charge is 0.306 e. The third-order valence-electron chi connectivity index (χ3n) is 4.34. The molecule has 9 nitrogen and oxygen atoms in total. The van der Waals surface area contributed by atoms with Crippen molar-refractivity contribution in [3.63, 3.8) is 0 Å². The molecule has 154 valence electrons. The van der Waals surface area contributed by atoms with Crippen LogP contribution in [0.15, 0.2) is 47.0 Å². The summed E-state index contributed by atoms with van der Waals surface area (Å²) in [6, 6.07) is 12.7. The molecule has 1 aliphatic heterocycles. The van der Waals surface area contributed by atoms with Gasteiger partial charge in [-0.15, -0.1) is 0 Å². The lowest BCUT2D eigenvalue weighted by atomic mass is 10.1. The molecule has 3 aromatic rings. The summed E-state index contributed by atoms with van der Waals surface area (Å²) in [5.74, 6) is 0.960. The molecule has 0 aliphatic carbocycles.